The molecule has 0 amide bonds. The zero-order chi connectivity index (χ0) is 11.3. The van der Waals surface area contributed by atoms with Crippen molar-refractivity contribution in [2.75, 3.05) is 13.1 Å². The van der Waals surface area contributed by atoms with Gasteiger partial charge in [-0.3, -0.25) is 13.9 Å². The molecular formula is C11H18N4S. The number of rotatable bonds is 2. The van der Waals surface area contributed by atoms with Gasteiger partial charge in [-0.2, -0.15) is 5.10 Å². The number of hydrogen-bond donors (Lipinski definition) is 1. The van der Waals surface area contributed by atoms with E-state index in [0.29, 0.717) is 12.1 Å². The van der Waals surface area contributed by atoms with Gasteiger partial charge in [-0.15, -0.1) is 0 Å². The lowest BCUT2D eigenvalue weighted by molar-refractivity contribution is -0.0465. The molecule has 1 aromatic rings. The molecule has 88 valence electrons. The van der Waals surface area contributed by atoms with Gasteiger partial charge in [-0.25, -0.2) is 0 Å². The van der Waals surface area contributed by atoms with Crippen LogP contribution in [0.5, 0.6) is 0 Å². The van der Waals surface area contributed by atoms with Crippen molar-refractivity contribution < 1.29 is 0 Å². The van der Waals surface area contributed by atoms with Crippen LogP contribution in [0.25, 0.3) is 0 Å². The Morgan fingerprint density at radius 3 is 2.69 bits per heavy atom. The molecule has 0 spiro atoms. The Hall–Kier alpha value is -0.520. The summed E-state index contributed by atoms with van der Waals surface area (Å²) in [7, 11) is 1.99. The summed E-state index contributed by atoms with van der Waals surface area (Å²) in [4.78, 5) is 2.59. The molecule has 2 bridgehead atoms. The second-order valence-electron chi connectivity index (χ2n) is 5.00. The van der Waals surface area contributed by atoms with E-state index < -0.39 is 0 Å². The molecule has 2 saturated heterocycles. The SMILES string of the molecule is Cc1nn(C)cc1CN1C2CC1CN(S)C2. The summed E-state index contributed by atoms with van der Waals surface area (Å²) in [6.45, 7) is 5.34. The van der Waals surface area contributed by atoms with Crippen molar-refractivity contribution in [3.8, 4) is 0 Å². The van der Waals surface area contributed by atoms with E-state index in [1.807, 2.05) is 11.7 Å². The number of piperidine rings is 1. The van der Waals surface area contributed by atoms with Gasteiger partial charge in [0.05, 0.1) is 5.69 Å². The van der Waals surface area contributed by atoms with Crippen LogP contribution in [0.1, 0.15) is 17.7 Å². The van der Waals surface area contributed by atoms with Crippen LogP contribution < -0.4 is 0 Å². The van der Waals surface area contributed by atoms with Crippen LogP contribution >= 0.6 is 12.8 Å². The van der Waals surface area contributed by atoms with Gasteiger partial charge in [0.1, 0.15) is 0 Å². The van der Waals surface area contributed by atoms with E-state index in [1.54, 1.807) is 0 Å². The van der Waals surface area contributed by atoms with Gasteiger partial charge in [-0.05, 0) is 13.3 Å². The molecule has 16 heavy (non-hydrogen) atoms. The number of piperazine rings is 1. The minimum absolute atomic E-state index is 0.704. The highest BCUT2D eigenvalue weighted by Gasteiger charge is 2.43. The quantitative estimate of drug-likeness (QED) is 0.772. The van der Waals surface area contributed by atoms with Gasteiger partial charge in [0.2, 0.25) is 0 Å². The normalized spacial score (nSPS) is 30.4. The van der Waals surface area contributed by atoms with Gasteiger partial charge in [0, 0.05) is 50.5 Å². The topological polar surface area (TPSA) is 24.3 Å². The highest BCUT2D eigenvalue weighted by Crippen LogP contribution is 2.34. The number of fused-ring (bicyclic) bond motifs is 2. The molecule has 0 N–H and O–H groups in total. The molecule has 4 nitrogen and oxygen atoms in total. The zero-order valence-electron chi connectivity index (χ0n) is 9.80. The number of likely N-dealkylation sites (tertiary alicyclic amines) is 1. The highest BCUT2D eigenvalue weighted by molar-refractivity contribution is 7.77. The van der Waals surface area contributed by atoms with E-state index in [1.165, 1.54) is 12.0 Å². The van der Waals surface area contributed by atoms with Gasteiger partial charge < -0.3 is 0 Å². The Bertz CT molecular complexity index is 391. The van der Waals surface area contributed by atoms with Crippen molar-refractivity contribution in [2.45, 2.75) is 32.0 Å². The second-order valence-corrected chi connectivity index (χ2v) is 5.57. The molecule has 5 heteroatoms. The molecule has 1 aromatic heterocycles. The van der Waals surface area contributed by atoms with Crippen LogP contribution in [-0.2, 0) is 13.6 Å². The first-order chi connectivity index (χ1) is 7.63. The molecule has 3 rings (SSSR count). The van der Waals surface area contributed by atoms with Crippen molar-refractivity contribution in [3.05, 3.63) is 17.5 Å². The molecule has 2 fully saturated rings. The highest BCUT2D eigenvalue weighted by atomic mass is 32.1. The van der Waals surface area contributed by atoms with Crippen LogP contribution in [0.4, 0.5) is 0 Å². The third kappa shape index (κ3) is 1.67. The summed E-state index contributed by atoms with van der Waals surface area (Å²) in [5.41, 5.74) is 2.53. The molecule has 2 atom stereocenters. The van der Waals surface area contributed by atoms with Crippen molar-refractivity contribution in [3.63, 3.8) is 0 Å². The fourth-order valence-electron chi connectivity index (χ4n) is 2.92. The Kier molecular flexibility index (Phi) is 2.49. The van der Waals surface area contributed by atoms with Crippen LogP contribution in [0.15, 0.2) is 6.20 Å². The zero-order valence-corrected chi connectivity index (χ0v) is 10.7. The number of nitrogens with zero attached hydrogens (tertiary/aromatic N) is 4. The molecule has 0 saturated carbocycles. The first-order valence-corrected chi connectivity index (χ1v) is 6.22. The first kappa shape index (κ1) is 10.6. The molecule has 2 aliphatic heterocycles. The minimum atomic E-state index is 0.704. The molecule has 2 aliphatic rings. The second kappa shape index (κ2) is 3.75. The summed E-state index contributed by atoms with van der Waals surface area (Å²) < 4.78 is 4.05. The smallest absolute Gasteiger partial charge is 0.0638 e. The largest absolute Gasteiger partial charge is 0.290 e. The molecule has 2 unspecified atom stereocenters. The summed E-state index contributed by atoms with van der Waals surface area (Å²) in [6.07, 6.45) is 3.48. The van der Waals surface area contributed by atoms with Crippen LogP contribution in [0.3, 0.4) is 0 Å². The summed E-state index contributed by atoms with van der Waals surface area (Å²) in [6, 6.07) is 1.41. The van der Waals surface area contributed by atoms with Crippen LogP contribution in [-0.4, -0.2) is 44.2 Å². The lowest BCUT2D eigenvalue weighted by Crippen LogP contribution is -2.66. The Morgan fingerprint density at radius 1 is 1.44 bits per heavy atom. The van der Waals surface area contributed by atoms with E-state index >= 15 is 0 Å². The lowest BCUT2D eigenvalue weighted by atomic mass is 9.88. The van der Waals surface area contributed by atoms with Crippen LogP contribution in [0.2, 0.25) is 0 Å². The van der Waals surface area contributed by atoms with Gasteiger partial charge in [0.25, 0.3) is 0 Å². The van der Waals surface area contributed by atoms with Gasteiger partial charge in [-0.1, -0.05) is 12.8 Å². The number of aromatic nitrogens is 2. The van der Waals surface area contributed by atoms with E-state index in [0.717, 1.165) is 25.3 Å². The fraction of sp³-hybridized carbons (Fsp3) is 0.727. The third-order valence-electron chi connectivity index (χ3n) is 3.79. The fourth-order valence-corrected chi connectivity index (χ4v) is 3.30. The number of hydrogen-bond acceptors (Lipinski definition) is 4. The molecular weight excluding hydrogens is 220 g/mol. The van der Waals surface area contributed by atoms with Gasteiger partial charge in [0.15, 0.2) is 0 Å². The van der Waals surface area contributed by atoms with Crippen molar-refractivity contribution >= 4 is 12.8 Å². The Balaban J connectivity index is 1.70. The summed E-state index contributed by atoms with van der Waals surface area (Å²) in [5.74, 6) is 0. The maximum absolute atomic E-state index is 4.43. The summed E-state index contributed by atoms with van der Waals surface area (Å²) in [5, 5.41) is 4.40. The lowest BCUT2D eigenvalue weighted by Gasteiger charge is -2.55. The van der Waals surface area contributed by atoms with E-state index in [9.17, 15) is 0 Å². The average Bonchev–Trinajstić information content (AvgIpc) is 2.53. The van der Waals surface area contributed by atoms with Gasteiger partial charge >= 0.3 is 0 Å². The third-order valence-corrected chi connectivity index (χ3v) is 4.12. The molecule has 3 heterocycles. The minimum Gasteiger partial charge on any atom is -0.290 e. The maximum atomic E-state index is 4.43. The van der Waals surface area contributed by atoms with Crippen LogP contribution in [0, 0.1) is 6.92 Å². The first-order valence-electron chi connectivity index (χ1n) is 5.82. The Morgan fingerprint density at radius 2 is 2.12 bits per heavy atom. The standard InChI is InChI=1S/C11H18N4S/c1-8-9(4-13(2)12-8)5-15-10-3-11(15)7-14(16)6-10/h4,10-11,16H,3,5-7H2,1-2H3. The van der Waals surface area contributed by atoms with E-state index in [4.69, 9.17) is 0 Å². The van der Waals surface area contributed by atoms with Crippen molar-refractivity contribution in [1.29, 1.82) is 0 Å². The Labute approximate surface area is 102 Å². The number of thiol groups is 1. The maximum Gasteiger partial charge on any atom is 0.0638 e. The predicted molar refractivity (Wildman–Crippen MR) is 66.2 cm³/mol. The molecule has 0 aromatic carbocycles. The molecule has 0 radical (unpaired) electrons. The van der Waals surface area contributed by atoms with Crippen molar-refractivity contribution in [2.24, 2.45) is 7.05 Å². The van der Waals surface area contributed by atoms with Crippen molar-refractivity contribution in [1.82, 2.24) is 19.0 Å². The predicted octanol–water partition coefficient (Wildman–Crippen LogP) is 0.832. The van der Waals surface area contributed by atoms with E-state index in [-0.39, 0.29) is 0 Å². The monoisotopic (exact) mass is 238 g/mol. The average molecular weight is 238 g/mol. The summed E-state index contributed by atoms with van der Waals surface area (Å²) >= 11 is 4.43. The number of aryl methyl sites for hydroxylation is 2. The molecule has 0 aliphatic carbocycles. The van der Waals surface area contributed by atoms with E-state index in [2.05, 4.69) is 40.2 Å².